The van der Waals surface area contributed by atoms with Crippen molar-refractivity contribution in [3.05, 3.63) is 59.9 Å². The first kappa shape index (κ1) is 19.4. The Labute approximate surface area is 187 Å². The average molecular weight is 429 g/mol. The third-order valence-corrected chi connectivity index (χ3v) is 7.43. The highest BCUT2D eigenvalue weighted by Crippen LogP contribution is 2.50. The molecule has 1 atom stereocenters. The standard InChI is InChI=1S/C24H28N8/c1-3-31-15-17(14-28-31)21-16(2)29-23(20-6-10-27-32(20)21)30-11-7-24(8-12-30)13-19-18(22(24)25)5-4-9-26-19/h4-6,9-10,14-15,22H,3,7-8,11-13,25H2,1-2H3/t22-/m1/s1. The molecule has 0 bridgehead atoms. The Balaban J connectivity index is 1.32. The molecule has 6 rings (SSSR count). The number of anilines is 1. The molecule has 8 heteroatoms. The van der Waals surface area contributed by atoms with Crippen molar-refractivity contribution >= 4 is 11.3 Å². The summed E-state index contributed by atoms with van der Waals surface area (Å²) in [7, 11) is 0. The highest BCUT2D eigenvalue weighted by atomic mass is 15.3. The van der Waals surface area contributed by atoms with Gasteiger partial charge in [-0.25, -0.2) is 9.50 Å². The maximum Gasteiger partial charge on any atom is 0.155 e. The Hall–Kier alpha value is -3.26. The van der Waals surface area contributed by atoms with Crippen molar-refractivity contribution in [1.29, 1.82) is 0 Å². The molecule has 5 heterocycles. The molecular weight excluding hydrogens is 400 g/mol. The summed E-state index contributed by atoms with van der Waals surface area (Å²) in [5, 5.41) is 9.08. The number of aryl methyl sites for hydroxylation is 2. The van der Waals surface area contributed by atoms with Crippen LogP contribution in [0.4, 0.5) is 5.82 Å². The molecule has 2 N–H and O–H groups in total. The second kappa shape index (κ2) is 7.13. The Kier molecular flexibility index (Phi) is 4.33. The van der Waals surface area contributed by atoms with Crippen molar-refractivity contribution in [3.8, 4) is 11.3 Å². The first-order valence-electron chi connectivity index (χ1n) is 11.4. The molecule has 1 saturated heterocycles. The van der Waals surface area contributed by atoms with Gasteiger partial charge in [0.15, 0.2) is 5.82 Å². The fraction of sp³-hybridized carbons (Fsp3) is 0.417. The van der Waals surface area contributed by atoms with Gasteiger partial charge in [-0.1, -0.05) is 6.07 Å². The molecule has 0 saturated carbocycles. The first-order valence-corrected chi connectivity index (χ1v) is 11.4. The smallest absolute Gasteiger partial charge is 0.155 e. The summed E-state index contributed by atoms with van der Waals surface area (Å²) in [6, 6.07) is 6.27. The van der Waals surface area contributed by atoms with Gasteiger partial charge in [0.05, 0.1) is 23.8 Å². The van der Waals surface area contributed by atoms with Gasteiger partial charge in [0.25, 0.3) is 0 Å². The van der Waals surface area contributed by atoms with Gasteiger partial charge in [0.1, 0.15) is 5.52 Å². The second-order valence-electron chi connectivity index (χ2n) is 9.13. The van der Waals surface area contributed by atoms with Gasteiger partial charge in [-0.2, -0.15) is 10.2 Å². The highest BCUT2D eigenvalue weighted by Gasteiger charge is 2.46. The molecule has 0 amide bonds. The number of pyridine rings is 1. The zero-order valence-electron chi connectivity index (χ0n) is 18.6. The van der Waals surface area contributed by atoms with E-state index in [1.165, 1.54) is 11.3 Å². The summed E-state index contributed by atoms with van der Waals surface area (Å²) in [5.41, 5.74) is 13.3. The van der Waals surface area contributed by atoms with Crippen LogP contribution in [0.3, 0.4) is 0 Å². The minimum Gasteiger partial charge on any atom is -0.355 e. The summed E-state index contributed by atoms with van der Waals surface area (Å²) in [4.78, 5) is 12.1. The van der Waals surface area contributed by atoms with Crippen molar-refractivity contribution in [3.63, 3.8) is 0 Å². The lowest BCUT2D eigenvalue weighted by Gasteiger charge is -2.42. The summed E-state index contributed by atoms with van der Waals surface area (Å²) in [6.07, 6.45) is 10.7. The van der Waals surface area contributed by atoms with E-state index in [0.717, 1.165) is 67.2 Å². The third kappa shape index (κ3) is 2.79. The number of piperidine rings is 1. The van der Waals surface area contributed by atoms with Crippen molar-refractivity contribution in [2.45, 2.75) is 45.7 Å². The Morgan fingerprint density at radius 3 is 2.75 bits per heavy atom. The number of aromatic nitrogens is 6. The van der Waals surface area contributed by atoms with E-state index in [0.29, 0.717) is 0 Å². The lowest BCUT2D eigenvalue weighted by atomic mass is 9.73. The van der Waals surface area contributed by atoms with Crippen LogP contribution in [-0.2, 0) is 13.0 Å². The first-order chi connectivity index (χ1) is 15.6. The molecule has 32 heavy (non-hydrogen) atoms. The van der Waals surface area contributed by atoms with E-state index in [2.05, 4.69) is 52.3 Å². The summed E-state index contributed by atoms with van der Waals surface area (Å²) < 4.78 is 3.94. The Morgan fingerprint density at radius 2 is 2.00 bits per heavy atom. The molecule has 0 unspecified atom stereocenters. The molecule has 1 aliphatic carbocycles. The Morgan fingerprint density at radius 1 is 1.16 bits per heavy atom. The van der Waals surface area contributed by atoms with E-state index in [-0.39, 0.29) is 11.5 Å². The van der Waals surface area contributed by atoms with Crippen molar-refractivity contribution in [2.75, 3.05) is 18.0 Å². The normalized spacial score (nSPS) is 19.7. The summed E-state index contributed by atoms with van der Waals surface area (Å²) >= 11 is 0. The summed E-state index contributed by atoms with van der Waals surface area (Å²) in [6.45, 7) is 6.85. The minimum absolute atomic E-state index is 0.0653. The van der Waals surface area contributed by atoms with Crippen LogP contribution in [0.25, 0.3) is 16.8 Å². The van der Waals surface area contributed by atoms with E-state index in [1.54, 1.807) is 0 Å². The van der Waals surface area contributed by atoms with Crippen LogP contribution in [0, 0.1) is 12.3 Å². The number of hydrogen-bond acceptors (Lipinski definition) is 6. The topological polar surface area (TPSA) is 90.2 Å². The monoisotopic (exact) mass is 428 g/mol. The predicted molar refractivity (Wildman–Crippen MR) is 123 cm³/mol. The molecule has 0 radical (unpaired) electrons. The van der Waals surface area contributed by atoms with E-state index < -0.39 is 0 Å². The second-order valence-corrected chi connectivity index (χ2v) is 9.13. The van der Waals surface area contributed by atoms with Crippen molar-refractivity contribution in [2.24, 2.45) is 11.1 Å². The van der Waals surface area contributed by atoms with Gasteiger partial charge in [-0.05, 0) is 56.2 Å². The number of fused-ring (bicyclic) bond motifs is 2. The third-order valence-electron chi connectivity index (χ3n) is 7.43. The number of nitrogens with zero attached hydrogens (tertiary/aromatic N) is 7. The fourth-order valence-corrected chi connectivity index (χ4v) is 5.60. The quantitative estimate of drug-likeness (QED) is 0.539. The zero-order valence-corrected chi connectivity index (χ0v) is 18.6. The molecule has 0 aromatic carbocycles. The number of rotatable bonds is 3. The van der Waals surface area contributed by atoms with E-state index >= 15 is 0 Å². The van der Waals surface area contributed by atoms with Gasteiger partial charge >= 0.3 is 0 Å². The van der Waals surface area contributed by atoms with Gasteiger partial charge in [0.2, 0.25) is 0 Å². The molecule has 1 fully saturated rings. The molecule has 1 spiro atoms. The van der Waals surface area contributed by atoms with Crippen molar-refractivity contribution in [1.82, 2.24) is 29.4 Å². The van der Waals surface area contributed by atoms with Crippen molar-refractivity contribution < 1.29 is 0 Å². The Bertz CT molecular complexity index is 1290. The van der Waals surface area contributed by atoms with E-state index in [9.17, 15) is 0 Å². The van der Waals surface area contributed by atoms with Crippen LogP contribution in [0.2, 0.25) is 0 Å². The summed E-state index contributed by atoms with van der Waals surface area (Å²) in [5.74, 6) is 1.00. The van der Waals surface area contributed by atoms with Crippen LogP contribution >= 0.6 is 0 Å². The zero-order chi connectivity index (χ0) is 21.9. The largest absolute Gasteiger partial charge is 0.355 e. The molecule has 4 aromatic rings. The maximum absolute atomic E-state index is 6.74. The predicted octanol–water partition coefficient (Wildman–Crippen LogP) is 3.16. The SMILES string of the molecule is CCn1cc(-c2c(C)nc(N3CCC4(CC3)Cc3ncccc3[C@H]4N)c3ccnn23)cn1. The average Bonchev–Trinajstić information content (AvgIpc) is 3.54. The van der Waals surface area contributed by atoms with Crippen LogP contribution < -0.4 is 10.6 Å². The fourth-order valence-electron chi connectivity index (χ4n) is 5.60. The molecule has 4 aromatic heterocycles. The van der Waals surface area contributed by atoms with Crippen LogP contribution in [-0.4, -0.2) is 42.5 Å². The number of nitrogens with two attached hydrogens (primary N) is 1. The van der Waals surface area contributed by atoms with Crippen LogP contribution in [0.1, 0.15) is 42.8 Å². The van der Waals surface area contributed by atoms with Gasteiger partial charge < -0.3 is 10.6 Å². The van der Waals surface area contributed by atoms with Gasteiger partial charge in [-0.15, -0.1) is 0 Å². The van der Waals surface area contributed by atoms with E-state index in [4.69, 9.17) is 10.7 Å². The highest BCUT2D eigenvalue weighted by molar-refractivity contribution is 5.75. The number of hydrogen-bond donors (Lipinski definition) is 1. The van der Waals surface area contributed by atoms with Gasteiger partial charge in [-0.3, -0.25) is 9.67 Å². The molecular formula is C24H28N8. The minimum atomic E-state index is 0.0653. The lowest BCUT2D eigenvalue weighted by Crippen LogP contribution is -2.44. The van der Waals surface area contributed by atoms with Crippen LogP contribution in [0.5, 0.6) is 0 Å². The van der Waals surface area contributed by atoms with E-state index in [1.807, 2.05) is 33.9 Å². The van der Waals surface area contributed by atoms with Gasteiger partial charge in [0, 0.05) is 49.3 Å². The molecule has 2 aliphatic rings. The molecule has 1 aliphatic heterocycles. The molecule has 164 valence electrons. The lowest BCUT2D eigenvalue weighted by molar-refractivity contribution is 0.187. The molecule has 8 nitrogen and oxygen atoms in total. The van der Waals surface area contributed by atoms with Crippen LogP contribution in [0.15, 0.2) is 43.0 Å². The maximum atomic E-state index is 6.74.